The molecule has 1 heterocycles. The summed E-state index contributed by atoms with van der Waals surface area (Å²) in [7, 11) is 0. The highest BCUT2D eigenvalue weighted by Crippen LogP contribution is 2.40. The van der Waals surface area contributed by atoms with E-state index in [1.54, 1.807) is 0 Å². The van der Waals surface area contributed by atoms with E-state index < -0.39 is 0 Å². The predicted molar refractivity (Wildman–Crippen MR) is 74.9 cm³/mol. The number of fused-ring (bicyclic) bond motifs is 1. The summed E-state index contributed by atoms with van der Waals surface area (Å²) in [5, 5.41) is 13.7. The van der Waals surface area contributed by atoms with Crippen LogP contribution in [0.15, 0.2) is 12.1 Å². The first kappa shape index (κ1) is 14.0. The number of ether oxygens (including phenoxy) is 2. The number of phenols is 1. The van der Waals surface area contributed by atoms with Crippen LogP contribution >= 0.6 is 0 Å². The molecular weight excluding hydrogens is 242 g/mol. The number of benzene rings is 1. The molecule has 19 heavy (non-hydrogen) atoms. The third-order valence-corrected chi connectivity index (χ3v) is 3.54. The van der Waals surface area contributed by atoms with Gasteiger partial charge in [-0.3, -0.25) is 0 Å². The van der Waals surface area contributed by atoms with Crippen LogP contribution in [0.5, 0.6) is 17.2 Å². The predicted octanol–water partition coefficient (Wildman–Crippen LogP) is 2.83. The van der Waals surface area contributed by atoms with Gasteiger partial charge in [-0.1, -0.05) is 19.9 Å². The van der Waals surface area contributed by atoms with E-state index in [2.05, 4.69) is 19.2 Å². The summed E-state index contributed by atoms with van der Waals surface area (Å²) in [5.41, 5.74) is 0.858. The van der Waals surface area contributed by atoms with Crippen LogP contribution in [0.2, 0.25) is 0 Å². The van der Waals surface area contributed by atoms with Crippen LogP contribution in [-0.4, -0.2) is 24.4 Å². The molecule has 0 unspecified atom stereocenters. The molecule has 0 bridgehead atoms. The van der Waals surface area contributed by atoms with Crippen molar-refractivity contribution in [2.24, 2.45) is 0 Å². The van der Waals surface area contributed by atoms with Crippen LogP contribution in [0.4, 0.5) is 0 Å². The fourth-order valence-electron chi connectivity index (χ4n) is 2.24. The number of aromatic hydroxyl groups is 1. The zero-order chi connectivity index (χ0) is 13.7. The van der Waals surface area contributed by atoms with Gasteiger partial charge in [0.25, 0.3) is 0 Å². The van der Waals surface area contributed by atoms with E-state index in [9.17, 15) is 5.11 Å². The van der Waals surface area contributed by atoms with Crippen LogP contribution in [0.3, 0.4) is 0 Å². The average Bonchev–Trinajstić information content (AvgIpc) is 2.68. The van der Waals surface area contributed by atoms with Gasteiger partial charge in [-0.25, -0.2) is 0 Å². The van der Waals surface area contributed by atoms with Crippen molar-refractivity contribution in [3.05, 3.63) is 17.7 Å². The van der Waals surface area contributed by atoms with Gasteiger partial charge in [0.15, 0.2) is 11.5 Å². The molecule has 0 saturated heterocycles. The fourth-order valence-corrected chi connectivity index (χ4v) is 2.24. The summed E-state index contributed by atoms with van der Waals surface area (Å²) < 4.78 is 11.1. The Kier molecular flexibility index (Phi) is 4.91. The Morgan fingerprint density at radius 3 is 2.68 bits per heavy atom. The summed E-state index contributed by atoms with van der Waals surface area (Å²) in [6, 6.07) is 4.26. The first-order valence-corrected chi connectivity index (χ1v) is 7.10. The van der Waals surface area contributed by atoms with E-state index in [0.717, 1.165) is 24.8 Å². The highest BCUT2D eigenvalue weighted by Gasteiger charge is 2.18. The lowest BCUT2D eigenvalue weighted by atomic mass is 10.1. The normalized spacial score (nSPS) is 14.5. The summed E-state index contributed by atoms with van der Waals surface area (Å²) in [5.74, 6) is 1.33. The molecule has 2 N–H and O–H groups in total. The summed E-state index contributed by atoms with van der Waals surface area (Å²) in [4.78, 5) is 0. The van der Waals surface area contributed by atoms with Gasteiger partial charge in [0.1, 0.15) is 0 Å². The molecule has 4 heteroatoms. The van der Waals surface area contributed by atoms with E-state index in [0.29, 0.717) is 37.3 Å². The second-order valence-electron chi connectivity index (χ2n) is 4.85. The smallest absolute Gasteiger partial charge is 0.203 e. The van der Waals surface area contributed by atoms with Gasteiger partial charge in [0.2, 0.25) is 5.75 Å². The number of nitrogens with one attached hydrogen (secondary N) is 1. The number of hydrogen-bond donors (Lipinski definition) is 2. The van der Waals surface area contributed by atoms with E-state index in [1.165, 1.54) is 0 Å². The lowest BCUT2D eigenvalue weighted by Crippen LogP contribution is -2.27. The van der Waals surface area contributed by atoms with Gasteiger partial charge in [-0.2, -0.15) is 0 Å². The van der Waals surface area contributed by atoms with Crippen molar-refractivity contribution in [2.75, 3.05) is 13.2 Å². The van der Waals surface area contributed by atoms with Gasteiger partial charge in [0.05, 0.1) is 13.2 Å². The molecule has 1 aliphatic heterocycles. The molecule has 0 aliphatic carbocycles. The van der Waals surface area contributed by atoms with Crippen molar-refractivity contribution in [1.29, 1.82) is 0 Å². The Bertz CT molecular complexity index is 416. The molecule has 0 radical (unpaired) electrons. The summed E-state index contributed by atoms with van der Waals surface area (Å²) in [6.07, 6.45) is 3.01. The lowest BCUT2D eigenvalue weighted by Gasteiger charge is -2.17. The van der Waals surface area contributed by atoms with Crippen LogP contribution in [-0.2, 0) is 6.54 Å². The van der Waals surface area contributed by atoms with E-state index in [-0.39, 0.29) is 5.75 Å². The molecule has 0 aromatic heterocycles. The zero-order valence-electron chi connectivity index (χ0n) is 11.7. The lowest BCUT2D eigenvalue weighted by molar-refractivity contribution is 0.291. The van der Waals surface area contributed by atoms with Crippen LogP contribution in [0.25, 0.3) is 0 Å². The van der Waals surface area contributed by atoms with Crippen molar-refractivity contribution < 1.29 is 14.6 Å². The average molecular weight is 265 g/mol. The van der Waals surface area contributed by atoms with Crippen molar-refractivity contribution in [2.45, 2.75) is 45.7 Å². The topological polar surface area (TPSA) is 50.7 Å². The first-order chi connectivity index (χ1) is 9.26. The van der Waals surface area contributed by atoms with Crippen molar-refractivity contribution in [1.82, 2.24) is 5.32 Å². The molecule has 1 aromatic carbocycles. The summed E-state index contributed by atoms with van der Waals surface area (Å²) >= 11 is 0. The minimum absolute atomic E-state index is 0.206. The van der Waals surface area contributed by atoms with E-state index in [1.807, 2.05) is 12.1 Å². The van der Waals surface area contributed by atoms with E-state index >= 15 is 0 Å². The third kappa shape index (κ3) is 3.32. The van der Waals surface area contributed by atoms with Gasteiger partial charge >= 0.3 is 0 Å². The van der Waals surface area contributed by atoms with Crippen molar-refractivity contribution in [3.8, 4) is 17.2 Å². The highest BCUT2D eigenvalue weighted by atomic mass is 16.5. The SMILES string of the molecule is CCC(CC)NCc1ccc2c(c1O)OCCCO2. The Morgan fingerprint density at radius 2 is 1.95 bits per heavy atom. The van der Waals surface area contributed by atoms with Gasteiger partial charge in [0, 0.05) is 24.6 Å². The van der Waals surface area contributed by atoms with Crippen LogP contribution in [0, 0.1) is 0 Å². The van der Waals surface area contributed by atoms with E-state index in [4.69, 9.17) is 9.47 Å². The maximum Gasteiger partial charge on any atom is 0.203 e. The highest BCUT2D eigenvalue weighted by molar-refractivity contribution is 5.55. The largest absolute Gasteiger partial charge is 0.504 e. The second kappa shape index (κ2) is 6.66. The maximum atomic E-state index is 10.3. The monoisotopic (exact) mass is 265 g/mol. The third-order valence-electron chi connectivity index (χ3n) is 3.54. The van der Waals surface area contributed by atoms with Crippen LogP contribution < -0.4 is 14.8 Å². The molecular formula is C15H23NO3. The van der Waals surface area contributed by atoms with Crippen molar-refractivity contribution in [3.63, 3.8) is 0 Å². The minimum atomic E-state index is 0.206. The van der Waals surface area contributed by atoms with Crippen molar-refractivity contribution >= 4 is 0 Å². The number of phenolic OH excluding ortho intramolecular Hbond substituents is 1. The minimum Gasteiger partial charge on any atom is -0.504 e. The molecule has 2 rings (SSSR count). The molecule has 106 valence electrons. The maximum absolute atomic E-state index is 10.3. The molecule has 0 amide bonds. The Hall–Kier alpha value is -1.42. The quantitative estimate of drug-likeness (QED) is 0.859. The molecule has 0 atom stereocenters. The fraction of sp³-hybridized carbons (Fsp3) is 0.600. The second-order valence-corrected chi connectivity index (χ2v) is 4.85. The Labute approximate surface area is 114 Å². The van der Waals surface area contributed by atoms with Gasteiger partial charge in [-0.15, -0.1) is 0 Å². The Balaban J connectivity index is 2.11. The number of rotatable bonds is 5. The molecule has 0 fully saturated rings. The zero-order valence-corrected chi connectivity index (χ0v) is 11.7. The van der Waals surface area contributed by atoms with Crippen LogP contribution in [0.1, 0.15) is 38.7 Å². The standard InChI is InChI=1S/C15H23NO3/c1-3-12(4-2)16-10-11-6-7-13-15(14(11)17)19-9-5-8-18-13/h6-7,12,16-17H,3-5,8-10H2,1-2H3. The first-order valence-electron chi connectivity index (χ1n) is 7.10. The van der Waals surface area contributed by atoms with Gasteiger partial charge < -0.3 is 19.9 Å². The summed E-state index contributed by atoms with van der Waals surface area (Å²) in [6.45, 7) is 6.20. The Morgan fingerprint density at radius 1 is 1.21 bits per heavy atom. The molecule has 4 nitrogen and oxygen atoms in total. The number of hydrogen-bond acceptors (Lipinski definition) is 4. The molecule has 1 aliphatic rings. The molecule has 0 saturated carbocycles. The van der Waals surface area contributed by atoms with Gasteiger partial charge in [-0.05, 0) is 18.9 Å². The molecule has 1 aromatic rings. The molecule has 0 spiro atoms.